The second-order valence-corrected chi connectivity index (χ2v) is 7.87. The SMILES string of the molecule is Cc1cc(C)cc(N2C(=O)C[C@H]3CS(=O)(=O)C[C@@H]32)c1. The molecule has 0 saturated carbocycles. The van der Waals surface area contributed by atoms with Crippen molar-refractivity contribution >= 4 is 21.4 Å². The predicted octanol–water partition coefficient (Wildman–Crippen LogP) is 1.45. The Bertz CT molecular complexity index is 630. The highest BCUT2D eigenvalue weighted by molar-refractivity contribution is 7.91. The standard InChI is InChI=1S/C14H17NO3S/c1-9-3-10(2)5-12(4-9)15-13-8-19(17,18)7-11(13)6-14(15)16/h3-5,11,13H,6-8H2,1-2H3/t11-,13-/m0/s1. The van der Waals surface area contributed by atoms with Gasteiger partial charge >= 0.3 is 0 Å². The third-order valence-electron chi connectivity index (χ3n) is 3.96. The number of nitrogens with zero attached hydrogens (tertiary/aromatic N) is 1. The number of benzene rings is 1. The van der Waals surface area contributed by atoms with Crippen LogP contribution in [0.25, 0.3) is 0 Å². The molecule has 2 aliphatic rings. The van der Waals surface area contributed by atoms with Crippen LogP contribution in [0.4, 0.5) is 5.69 Å². The number of rotatable bonds is 1. The molecule has 2 fully saturated rings. The van der Waals surface area contributed by atoms with Gasteiger partial charge in [0.25, 0.3) is 0 Å². The lowest BCUT2D eigenvalue weighted by Crippen LogP contribution is -2.36. The summed E-state index contributed by atoms with van der Waals surface area (Å²) in [5.74, 6) is 0.286. The van der Waals surface area contributed by atoms with Crippen molar-refractivity contribution in [1.82, 2.24) is 0 Å². The molecule has 4 nitrogen and oxygen atoms in total. The van der Waals surface area contributed by atoms with Crippen LogP contribution in [-0.2, 0) is 14.6 Å². The average Bonchev–Trinajstić information content (AvgIpc) is 2.66. The van der Waals surface area contributed by atoms with Crippen molar-refractivity contribution in [3.63, 3.8) is 0 Å². The molecule has 5 heteroatoms. The highest BCUT2D eigenvalue weighted by atomic mass is 32.2. The fourth-order valence-corrected chi connectivity index (χ4v) is 5.38. The van der Waals surface area contributed by atoms with Gasteiger partial charge in [-0.15, -0.1) is 0 Å². The molecule has 1 amide bonds. The Hall–Kier alpha value is -1.36. The summed E-state index contributed by atoms with van der Waals surface area (Å²) in [6.45, 7) is 3.97. The van der Waals surface area contributed by atoms with Gasteiger partial charge in [0.15, 0.2) is 9.84 Å². The van der Waals surface area contributed by atoms with E-state index in [1.165, 1.54) is 0 Å². The number of hydrogen-bond donors (Lipinski definition) is 0. The van der Waals surface area contributed by atoms with Crippen LogP contribution in [0.3, 0.4) is 0 Å². The molecular weight excluding hydrogens is 262 g/mol. The Balaban J connectivity index is 2.02. The fraction of sp³-hybridized carbons (Fsp3) is 0.500. The van der Waals surface area contributed by atoms with Gasteiger partial charge in [0.05, 0.1) is 17.5 Å². The fourth-order valence-electron chi connectivity index (χ4n) is 3.31. The van der Waals surface area contributed by atoms with E-state index in [0.29, 0.717) is 6.42 Å². The first kappa shape index (κ1) is 12.7. The molecule has 0 aliphatic carbocycles. The summed E-state index contributed by atoms with van der Waals surface area (Å²) in [5.41, 5.74) is 3.02. The second-order valence-electron chi connectivity index (χ2n) is 5.72. The van der Waals surface area contributed by atoms with Crippen molar-refractivity contribution in [3.8, 4) is 0 Å². The average molecular weight is 279 g/mol. The van der Waals surface area contributed by atoms with Crippen molar-refractivity contribution in [3.05, 3.63) is 29.3 Å². The van der Waals surface area contributed by atoms with Crippen LogP contribution in [0, 0.1) is 19.8 Å². The molecule has 102 valence electrons. The summed E-state index contributed by atoms with van der Waals surface area (Å²) in [5, 5.41) is 0. The number of anilines is 1. The van der Waals surface area contributed by atoms with Gasteiger partial charge in [0.2, 0.25) is 5.91 Å². The molecule has 1 aromatic rings. The van der Waals surface area contributed by atoms with Gasteiger partial charge < -0.3 is 4.90 Å². The number of fused-ring (bicyclic) bond motifs is 1. The zero-order chi connectivity index (χ0) is 13.8. The number of aryl methyl sites for hydroxylation is 2. The zero-order valence-corrected chi connectivity index (χ0v) is 11.9. The Labute approximate surface area is 113 Å². The van der Waals surface area contributed by atoms with E-state index in [9.17, 15) is 13.2 Å². The normalized spacial score (nSPS) is 28.7. The van der Waals surface area contributed by atoms with Gasteiger partial charge in [-0.3, -0.25) is 4.79 Å². The van der Waals surface area contributed by atoms with Crippen LogP contribution in [-0.4, -0.2) is 31.9 Å². The first-order valence-corrected chi connectivity index (χ1v) is 8.29. The van der Waals surface area contributed by atoms with E-state index >= 15 is 0 Å². The highest BCUT2D eigenvalue weighted by Crippen LogP contribution is 2.37. The minimum Gasteiger partial charge on any atom is -0.308 e. The summed E-state index contributed by atoms with van der Waals surface area (Å²) in [7, 11) is -2.98. The number of amides is 1. The molecule has 2 atom stereocenters. The lowest BCUT2D eigenvalue weighted by atomic mass is 10.0. The number of carbonyl (C=O) groups excluding carboxylic acids is 1. The van der Waals surface area contributed by atoms with E-state index in [1.807, 2.05) is 32.0 Å². The summed E-state index contributed by atoms with van der Waals surface area (Å²) in [6, 6.07) is 5.79. The Morgan fingerprint density at radius 1 is 1.11 bits per heavy atom. The monoisotopic (exact) mass is 279 g/mol. The summed E-state index contributed by atoms with van der Waals surface area (Å²) in [4.78, 5) is 13.9. The maximum Gasteiger partial charge on any atom is 0.227 e. The third kappa shape index (κ3) is 2.16. The minimum absolute atomic E-state index is 0.0293. The van der Waals surface area contributed by atoms with Crippen LogP contribution >= 0.6 is 0 Å². The molecule has 0 radical (unpaired) electrons. The van der Waals surface area contributed by atoms with Crippen LogP contribution in [0.15, 0.2) is 18.2 Å². The van der Waals surface area contributed by atoms with Crippen molar-refractivity contribution in [2.45, 2.75) is 26.3 Å². The molecule has 0 spiro atoms. The molecule has 1 aromatic carbocycles. The van der Waals surface area contributed by atoms with Crippen molar-refractivity contribution in [2.24, 2.45) is 5.92 Å². The molecule has 0 unspecified atom stereocenters. The van der Waals surface area contributed by atoms with Gasteiger partial charge in [-0.2, -0.15) is 0 Å². The molecule has 0 aromatic heterocycles. The van der Waals surface area contributed by atoms with E-state index in [1.54, 1.807) is 4.90 Å². The Morgan fingerprint density at radius 3 is 2.37 bits per heavy atom. The van der Waals surface area contributed by atoms with Crippen LogP contribution < -0.4 is 4.90 Å². The Kier molecular flexibility index (Phi) is 2.71. The van der Waals surface area contributed by atoms with Gasteiger partial charge in [0.1, 0.15) is 0 Å². The van der Waals surface area contributed by atoms with Crippen LogP contribution in [0.2, 0.25) is 0 Å². The minimum atomic E-state index is -2.98. The summed E-state index contributed by atoms with van der Waals surface area (Å²) in [6.07, 6.45) is 0.358. The molecular formula is C14H17NO3S. The largest absolute Gasteiger partial charge is 0.308 e. The molecule has 2 aliphatic heterocycles. The summed E-state index contributed by atoms with van der Waals surface area (Å²) >= 11 is 0. The third-order valence-corrected chi connectivity index (χ3v) is 5.74. The maximum atomic E-state index is 12.2. The van der Waals surface area contributed by atoms with Gasteiger partial charge in [-0.1, -0.05) is 6.07 Å². The molecule has 2 saturated heterocycles. The van der Waals surface area contributed by atoms with E-state index < -0.39 is 9.84 Å². The number of carbonyl (C=O) groups is 1. The molecule has 0 N–H and O–H groups in total. The molecule has 19 heavy (non-hydrogen) atoms. The quantitative estimate of drug-likeness (QED) is 0.782. The molecule has 0 bridgehead atoms. The zero-order valence-electron chi connectivity index (χ0n) is 11.1. The van der Waals surface area contributed by atoms with Crippen molar-refractivity contribution in [1.29, 1.82) is 0 Å². The number of sulfone groups is 1. The highest BCUT2D eigenvalue weighted by Gasteiger charge is 2.49. The van der Waals surface area contributed by atoms with Crippen molar-refractivity contribution < 1.29 is 13.2 Å². The number of hydrogen-bond acceptors (Lipinski definition) is 3. The predicted molar refractivity (Wildman–Crippen MR) is 74.0 cm³/mol. The van der Waals surface area contributed by atoms with Crippen LogP contribution in [0.1, 0.15) is 17.5 Å². The van der Waals surface area contributed by atoms with E-state index in [-0.39, 0.29) is 29.4 Å². The molecule has 2 heterocycles. The smallest absolute Gasteiger partial charge is 0.227 e. The first-order chi connectivity index (χ1) is 8.85. The maximum absolute atomic E-state index is 12.2. The van der Waals surface area contributed by atoms with Gasteiger partial charge in [0, 0.05) is 18.0 Å². The van der Waals surface area contributed by atoms with E-state index in [0.717, 1.165) is 16.8 Å². The van der Waals surface area contributed by atoms with Crippen molar-refractivity contribution in [2.75, 3.05) is 16.4 Å². The van der Waals surface area contributed by atoms with E-state index in [4.69, 9.17) is 0 Å². The first-order valence-electron chi connectivity index (χ1n) is 6.46. The van der Waals surface area contributed by atoms with E-state index in [2.05, 4.69) is 0 Å². The lowest BCUT2D eigenvalue weighted by molar-refractivity contribution is -0.117. The Morgan fingerprint density at radius 2 is 1.74 bits per heavy atom. The van der Waals surface area contributed by atoms with Gasteiger partial charge in [-0.05, 0) is 37.1 Å². The van der Waals surface area contributed by atoms with Crippen LogP contribution in [0.5, 0.6) is 0 Å². The second kappa shape index (κ2) is 4.07. The lowest BCUT2D eigenvalue weighted by Gasteiger charge is -2.24. The molecule has 3 rings (SSSR count). The van der Waals surface area contributed by atoms with Gasteiger partial charge in [-0.25, -0.2) is 8.42 Å². The topological polar surface area (TPSA) is 54.5 Å². The summed E-state index contributed by atoms with van der Waals surface area (Å²) < 4.78 is 23.4.